The van der Waals surface area contributed by atoms with Crippen molar-refractivity contribution < 1.29 is 14.3 Å². The lowest BCUT2D eigenvalue weighted by molar-refractivity contribution is -0.132. The van der Waals surface area contributed by atoms with Gasteiger partial charge in [0.1, 0.15) is 12.3 Å². The molecule has 1 saturated carbocycles. The van der Waals surface area contributed by atoms with E-state index in [2.05, 4.69) is 4.99 Å². The molecular formula is C22H30N4O3. The predicted molar refractivity (Wildman–Crippen MR) is 111 cm³/mol. The van der Waals surface area contributed by atoms with Gasteiger partial charge in [-0.25, -0.2) is 4.99 Å². The van der Waals surface area contributed by atoms with E-state index in [0.29, 0.717) is 38.6 Å². The van der Waals surface area contributed by atoms with E-state index in [-0.39, 0.29) is 11.8 Å². The number of rotatable bonds is 6. The largest absolute Gasteiger partial charge is 0.494 e. The van der Waals surface area contributed by atoms with Crippen LogP contribution in [0.25, 0.3) is 0 Å². The van der Waals surface area contributed by atoms with Crippen LogP contribution in [-0.2, 0) is 16.1 Å². The van der Waals surface area contributed by atoms with Gasteiger partial charge in [-0.2, -0.15) is 0 Å². The topological polar surface area (TPSA) is 65.5 Å². The zero-order valence-electron chi connectivity index (χ0n) is 17.4. The number of fused-ring (bicyclic) bond motifs is 2. The Bertz CT molecular complexity index is 816. The number of aliphatic imine (C=N–C) groups is 1. The molecule has 2 aliphatic heterocycles. The number of carbonyl (C=O) groups is 2. The maximum absolute atomic E-state index is 12.4. The molecule has 1 aliphatic carbocycles. The Morgan fingerprint density at radius 1 is 1.24 bits per heavy atom. The summed E-state index contributed by atoms with van der Waals surface area (Å²) in [6.45, 7) is 1.55. The van der Waals surface area contributed by atoms with Crippen molar-refractivity contribution in [3.63, 3.8) is 0 Å². The number of likely N-dealkylation sites (N-methyl/N-ethyl adjacent to an activating group) is 1. The van der Waals surface area contributed by atoms with Crippen LogP contribution in [0.15, 0.2) is 23.2 Å². The monoisotopic (exact) mass is 398 g/mol. The summed E-state index contributed by atoms with van der Waals surface area (Å²) in [5.74, 6) is 1.79. The summed E-state index contributed by atoms with van der Waals surface area (Å²) < 4.78 is 5.89. The van der Waals surface area contributed by atoms with E-state index in [1.807, 2.05) is 35.0 Å². The molecule has 1 saturated heterocycles. The number of ether oxygens (including phenoxy) is 1. The SMILES string of the molecule is CN1C(=O)CN2Cc3cc(OCCCC(=O)N(C)C4CCCCC4)ccc3N=C21. The highest BCUT2D eigenvalue weighted by atomic mass is 16.5. The standard InChI is InChI=1S/C22H30N4O3/c1-24(17-7-4-3-5-8-17)20(27)9-6-12-29-18-10-11-19-16(13-18)14-26-15-21(28)25(2)22(26)23-19/h10-11,13,17H,3-9,12,14-15H2,1-2H3. The van der Waals surface area contributed by atoms with Gasteiger partial charge >= 0.3 is 0 Å². The molecule has 2 heterocycles. The number of guanidine groups is 1. The maximum atomic E-state index is 12.4. The lowest BCUT2D eigenvalue weighted by atomic mass is 9.94. The minimum Gasteiger partial charge on any atom is -0.494 e. The van der Waals surface area contributed by atoms with Gasteiger partial charge in [0.05, 0.1) is 12.3 Å². The van der Waals surface area contributed by atoms with Gasteiger partial charge in [-0.1, -0.05) is 19.3 Å². The fourth-order valence-electron chi connectivity index (χ4n) is 4.40. The summed E-state index contributed by atoms with van der Waals surface area (Å²) in [6, 6.07) is 6.26. The van der Waals surface area contributed by atoms with Crippen LogP contribution in [0.5, 0.6) is 5.75 Å². The molecule has 0 N–H and O–H groups in total. The van der Waals surface area contributed by atoms with Gasteiger partial charge in [-0.05, 0) is 37.5 Å². The van der Waals surface area contributed by atoms with Crippen molar-refractivity contribution in [3.8, 4) is 5.75 Å². The molecule has 7 heteroatoms. The van der Waals surface area contributed by atoms with E-state index in [9.17, 15) is 9.59 Å². The molecule has 156 valence electrons. The Hall–Kier alpha value is -2.57. The Balaban J connectivity index is 1.26. The first-order valence-corrected chi connectivity index (χ1v) is 10.6. The second-order valence-electron chi connectivity index (χ2n) is 8.26. The average Bonchev–Trinajstić information content (AvgIpc) is 3.02. The van der Waals surface area contributed by atoms with Crippen molar-refractivity contribution in [1.82, 2.24) is 14.7 Å². The first kappa shape index (κ1) is 19.7. The molecule has 29 heavy (non-hydrogen) atoms. The second kappa shape index (κ2) is 8.43. The molecule has 0 aromatic heterocycles. The second-order valence-corrected chi connectivity index (χ2v) is 8.26. The molecule has 1 aromatic carbocycles. The molecule has 0 radical (unpaired) electrons. The predicted octanol–water partition coefficient (Wildman–Crippen LogP) is 2.91. The molecule has 0 unspecified atom stereocenters. The fraction of sp³-hybridized carbons (Fsp3) is 0.591. The molecule has 2 amide bonds. The number of hydrogen-bond donors (Lipinski definition) is 0. The van der Waals surface area contributed by atoms with Gasteiger partial charge in [-0.3, -0.25) is 14.5 Å². The fourth-order valence-corrected chi connectivity index (χ4v) is 4.40. The van der Waals surface area contributed by atoms with Crippen LogP contribution in [0.1, 0.15) is 50.5 Å². The number of nitrogens with zero attached hydrogens (tertiary/aromatic N) is 4. The van der Waals surface area contributed by atoms with Crippen molar-refractivity contribution in [2.45, 2.75) is 57.5 Å². The van der Waals surface area contributed by atoms with Gasteiger partial charge < -0.3 is 14.5 Å². The van der Waals surface area contributed by atoms with E-state index in [4.69, 9.17) is 4.74 Å². The van der Waals surface area contributed by atoms with E-state index in [1.165, 1.54) is 19.3 Å². The normalized spacial score (nSPS) is 19.0. The number of hydrogen-bond acceptors (Lipinski definition) is 5. The van der Waals surface area contributed by atoms with Crippen molar-refractivity contribution in [2.24, 2.45) is 4.99 Å². The summed E-state index contributed by atoms with van der Waals surface area (Å²) in [7, 11) is 3.70. The highest BCUT2D eigenvalue weighted by molar-refractivity contribution is 6.05. The summed E-state index contributed by atoms with van der Waals surface area (Å²) in [5, 5.41) is 0. The minimum atomic E-state index is 0.0656. The smallest absolute Gasteiger partial charge is 0.248 e. The van der Waals surface area contributed by atoms with Gasteiger partial charge in [0.25, 0.3) is 0 Å². The van der Waals surface area contributed by atoms with Gasteiger partial charge in [0.15, 0.2) is 0 Å². The van der Waals surface area contributed by atoms with Crippen LogP contribution >= 0.6 is 0 Å². The molecule has 3 aliphatic rings. The molecule has 1 aromatic rings. The van der Waals surface area contributed by atoms with E-state index in [1.54, 1.807) is 11.9 Å². The molecule has 0 bridgehead atoms. The summed E-state index contributed by atoms with van der Waals surface area (Å²) in [4.78, 5) is 34.4. The number of carbonyl (C=O) groups excluding carboxylic acids is 2. The molecule has 0 spiro atoms. The molecule has 0 atom stereocenters. The first-order chi connectivity index (χ1) is 14.0. The third-order valence-electron chi connectivity index (χ3n) is 6.24. The van der Waals surface area contributed by atoms with Crippen molar-refractivity contribution in [3.05, 3.63) is 23.8 Å². The summed E-state index contributed by atoms with van der Waals surface area (Å²) in [6.07, 6.45) is 7.26. The van der Waals surface area contributed by atoms with E-state index in [0.717, 1.165) is 35.8 Å². The molecule has 2 fully saturated rings. The Labute approximate surface area is 172 Å². The lowest BCUT2D eigenvalue weighted by Crippen LogP contribution is -2.38. The van der Waals surface area contributed by atoms with Gasteiger partial charge in [-0.15, -0.1) is 0 Å². The Kier molecular flexibility index (Phi) is 5.74. The molecular weight excluding hydrogens is 368 g/mol. The van der Waals surface area contributed by atoms with Crippen molar-refractivity contribution >= 4 is 23.5 Å². The minimum absolute atomic E-state index is 0.0656. The van der Waals surface area contributed by atoms with Crippen LogP contribution in [0.2, 0.25) is 0 Å². The molecule has 7 nitrogen and oxygen atoms in total. The molecule has 4 rings (SSSR count). The number of benzene rings is 1. The highest BCUT2D eigenvalue weighted by Crippen LogP contribution is 2.32. The van der Waals surface area contributed by atoms with Crippen LogP contribution in [0.4, 0.5) is 5.69 Å². The van der Waals surface area contributed by atoms with Gasteiger partial charge in [0, 0.05) is 38.7 Å². The van der Waals surface area contributed by atoms with Crippen molar-refractivity contribution in [2.75, 3.05) is 27.2 Å². The highest BCUT2D eigenvalue weighted by Gasteiger charge is 2.34. The lowest BCUT2D eigenvalue weighted by Gasteiger charge is -2.31. The van der Waals surface area contributed by atoms with Crippen molar-refractivity contribution in [1.29, 1.82) is 0 Å². The summed E-state index contributed by atoms with van der Waals surface area (Å²) in [5.41, 5.74) is 1.94. The van der Waals surface area contributed by atoms with Crippen LogP contribution in [-0.4, -0.2) is 65.8 Å². The van der Waals surface area contributed by atoms with Crippen LogP contribution < -0.4 is 4.74 Å². The maximum Gasteiger partial charge on any atom is 0.248 e. The van der Waals surface area contributed by atoms with E-state index >= 15 is 0 Å². The Morgan fingerprint density at radius 3 is 2.83 bits per heavy atom. The summed E-state index contributed by atoms with van der Waals surface area (Å²) >= 11 is 0. The van der Waals surface area contributed by atoms with Gasteiger partial charge in [0.2, 0.25) is 17.8 Å². The zero-order chi connectivity index (χ0) is 20.4. The van der Waals surface area contributed by atoms with Crippen LogP contribution in [0.3, 0.4) is 0 Å². The van der Waals surface area contributed by atoms with Crippen LogP contribution in [0, 0.1) is 0 Å². The Morgan fingerprint density at radius 2 is 2.03 bits per heavy atom. The third kappa shape index (κ3) is 4.23. The zero-order valence-corrected chi connectivity index (χ0v) is 17.4. The number of amides is 2. The van der Waals surface area contributed by atoms with E-state index < -0.39 is 0 Å². The first-order valence-electron chi connectivity index (χ1n) is 10.6. The average molecular weight is 399 g/mol. The quantitative estimate of drug-likeness (QED) is 0.691. The third-order valence-corrected chi connectivity index (χ3v) is 6.24.